The van der Waals surface area contributed by atoms with E-state index in [0.29, 0.717) is 16.5 Å². The highest BCUT2D eigenvalue weighted by molar-refractivity contribution is 7.99. The quantitative estimate of drug-likeness (QED) is 0.107. The van der Waals surface area contributed by atoms with Crippen molar-refractivity contribution in [3.05, 3.63) is 65.1 Å². The van der Waals surface area contributed by atoms with Gasteiger partial charge in [-0.15, -0.1) is 0 Å². The minimum Gasteiger partial charge on any atom is -0.351 e. The van der Waals surface area contributed by atoms with Gasteiger partial charge in [-0.2, -0.15) is 0 Å². The van der Waals surface area contributed by atoms with Crippen molar-refractivity contribution in [1.29, 1.82) is 10.2 Å². The van der Waals surface area contributed by atoms with Crippen molar-refractivity contribution in [2.75, 3.05) is 23.6 Å². The van der Waals surface area contributed by atoms with Crippen LogP contribution >= 0.6 is 11.8 Å². The van der Waals surface area contributed by atoms with Gasteiger partial charge in [-0.25, -0.2) is 31.9 Å². The zero-order valence-corrected chi connectivity index (χ0v) is 19.6. The standard InChI is InChI=1S/C20H19F3N6O4S2/c1-35(25,32)13-5-2-11(3-6-13)19(30)26-8-9-34-20-16(27-33-28-20)18(24)29(31)12-4-7-15(21)14(10-12)17(22)23/h2-7,10,17,24-25,31H,8-9H2,1H3,(H,26,30). The molecule has 4 N–H and O–H groups in total. The first-order valence-electron chi connectivity index (χ1n) is 9.72. The molecule has 2 aromatic carbocycles. The summed E-state index contributed by atoms with van der Waals surface area (Å²) in [6, 6.07) is 8.28. The fourth-order valence-electron chi connectivity index (χ4n) is 2.76. The number of aromatic nitrogens is 2. The largest absolute Gasteiger partial charge is 0.351 e. The molecule has 1 atom stereocenters. The minimum atomic E-state index is -3.11. The van der Waals surface area contributed by atoms with Crippen molar-refractivity contribution in [1.82, 2.24) is 15.6 Å². The van der Waals surface area contributed by atoms with Gasteiger partial charge in [0.05, 0.1) is 21.0 Å². The molecule has 3 rings (SSSR count). The first kappa shape index (κ1) is 26.2. The maximum absolute atomic E-state index is 13.5. The molecule has 35 heavy (non-hydrogen) atoms. The van der Waals surface area contributed by atoms with E-state index in [2.05, 4.69) is 20.3 Å². The first-order chi connectivity index (χ1) is 16.5. The topological polar surface area (TPSA) is 156 Å². The number of hydrogen-bond acceptors (Lipinski definition) is 9. The van der Waals surface area contributed by atoms with Crippen LogP contribution in [0.2, 0.25) is 0 Å². The molecule has 1 aromatic heterocycles. The number of amides is 1. The summed E-state index contributed by atoms with van der Waals surface area (Å²) in [6.07, 6.45) is -1.83. The molecule has 1 unspecified atom stereocenters. The summed E-state index contributed by atoms with van der Waals surface area (Å²) in [5.41, 5.74) is -1.10. The Balaban J connectivity index is 1.58. The average Bonchev–Trinajstić information content (AvgIpc) is 3.29. The molecule has 15 heteroatoms. The fraction of sp³-hybridized carbons (Fsp3) is 0.200. The Hall–Kier alpha value is -3.43. The van der Waals surface area contributed by atoms with Crippen LogP contribution in [-0.4, -0.2) is 50.0 Å². The molecule has 0 aliphatic rings. The molecule has 186 valence electrons. The van der Waals surface area contributed by atoms with E-state index in [0.717, 1.165) is 23.9 Å². The highest BCUT2D eigenvalue weighted by Gasteiger charge is 2.23. The minimum absolute atomic E-state index is 0.0944. The monoisotopic (exact) mass is 528 g/mol. The number of thioether (sulfide) groups is 1. The molecular formula is C20H19F3N6O4S2. The molecule has 3 aromatic rings. The summed E-state index contributed by atoms with van der Waals surface area (Å²) in [5.74, 6) is -1.93. The number of hydrogen-bond donors (Lipinski definition) is 4. The third kappa shape index (κ3) is 6.37. The molecule has 0 aliphatic carbocycles. The van der Waals surface area contributed by atoms with E-state index in [9.17, 15) is 27.4 Å². The number of amidine groups is 1. The van der Waals surface area contributed by atoms with Crippen LogP contribution in [0.5, 0.6) is 0 Å². The maximum atomic E-state index is 13.5. The van der Waals surface area contributed by atoms with E-state index >= 15 is 0 Å². The normalized spacial score (nSPS) is 12.9. The van der Waals surface area contributed by atoms with Gasteiger partial charge < -0.3 is 5.32 Å². The number of carbonyl (C=O) groups is 1. The third-order valence-corrected chi connectivity index (χ3v) is 6.67. The maximum Gasteiger partial charge on any atom is 0.266 e. The Bertz CT molecular complexity index is 1330. The smallest absolute Gasteiger partial charge is 0.266 e. The number of carbonyl (C=O) groups excluding carboxylic acids is 1. The van der Waals surface area contributed by atoms with Crippen molar-refractivity contribution in [3.63, 3.8) is 0 Å². The van der Waals surface area contributed by atoms with Gasteiger partial charge in [0, 0.05) is 29.0 Å². The van der Waals surface area contributed by atoms with Crippen LogP contribution in [0, 0.1) is 16.0 Å². The second kappa shape index (κ2) is 10.9. The van der Waals surface area contributed by atoms with Crippen LogP contribution in [-0.2, 0) is 9.73 Å². The van der Waals surface area contributed by atoms with E-state index in [1.807, 2.05) is 0 Å². The number of anilines is 1. The van der Waals surface area contributed by atoms with Crippen molar-refractivity contribution < 1.29 is 32.0 Å². The van der Waals surface area contributed by atoms with Gasteiger partial charge in [-0.1, -0.05) is 11.8 Å². The van der Waals surface area contributed by atoms with Gasteiger partial charge in [0.2, 0.25) is 0 Å². The van der Waals surface area contributed by atoms with Crippen LogP contribution in [0.4, 0.5) is 18.9 Å². The van der Waals surface area contributed by atoms with Crippen LogP contribution in [0.1, 0.15) is 28.0 Å². The van der Waals surface area contributed by atoms with Crippen LogP contribution < -0.4 is 10.4 Å². The summed E-state index contributed by atoms with van der Waals surface area (Å²) in [5, 5.41) is 28.5. The van der Waals surface area contributed by atoms with E-state index in [-0.39, 0.29) is 33.8 Å². The number of hydroxylamine groups is 1. The van der Waals surface area contributed by atoms with E-state index in [1.165, 1.54) is 30.5 Å². The lowest BCUT2D eigenvalue weighted by atomic mass is 10.2. The van der Waals surface area contributed by atoms with Gasteiger partial charge >= 0.3 is 0 Å². The number of nitrogens with zero attached hydrogens (tertiary/aromatic N) is 3. The summed E-state index contributed by atoms with van der Waals surface area (Å²) in [6.45, 7) is 0.173. The predicted octanol–water partition coefficient (Wildman–Crippen LogP) is 3.93. The lowest BCUT2D eigenvalue weighted by Crippen LogP contribution is -2.28. The molecule has 1 amide bonds. The van der Waals surface area contributed by atoms with Gasteiger partial charge in [0.25, 0.3) is 12.3 Å². The average molecular weight is 529 g/mol. The van der Waals surface area contributed by atoms with E-state index in [1.54, 1.807) is 0 Å². The van der Waals surface area contributed by atoms with Crippen molar-refractivity contribution in [3.8, 4) is 0 Å². The number of nitrogens with one attached hydrogen (secondary N) is 3. The summed E-state index contributed by atoms with van der Waals surface area (Å²) >= 11 is 1.04. The van der Waals surface area contributed by atoms with Gasteiger partial charge in [0.15, 0.2) is 16.6 Å². The van der Waals surface area contributed by atoms with Crippen LogP contribution in [0.25, 0.3) is 0 Å². The Labute approximate surface area is 201 Å². The van der Waals surface area contributed by atoms with Crippen molar-refractivity contribution in [2.45, 2.75) is 16.3 Å². The van der Waals surface area contributed by atoms with Crippen molar-refractivity contribution in [2.24, 2.45) is 0 Å². The van der Waals surface area contributed by atoms with Crippen LogP contribution in [0.15, 0.2) is 57.0 Å². The van der Waals surface area contributed by atoms with Gasteiger partial charge in [-0.05, 0) is 52.8 Å². The zero-order chi connectivity index (χ0) is 25.8. The lowest BCUT2D eigenvalue weighted by molar-refractivity contribution is 0.0956. The second-order valence-corrected chi connectivity index (χ2v) is 10.3. The third-order valence-electron chi connectivity index (χ3n) is 4.55. The molecule has 1 heterocycles. The Morgan fingerprint density at radius 1 is 1.26 bits per heavy atom. The molecule has 0 saturated carbocycles. The lowest BCUT2D eigenvalue weighted by Gasteiger charge is -2.17. The Kier molecular flexibility index (Phi) is 8.14. The summed E-state index contributed by atoms with van der Waals surface area (Å²) in [7, 11) is -2.88. The van der Waals surface area contributed by atoms with Gasteiger partial charge in [-0.3, -0.25) is 15.4 Å². The predicted molar refractivity (Wildman–Crippen MR) is 121 cm³/mol. The summed E-state index contributed by atoms with van der Waals surface area (Å²) in [4.78, 5) is 12.6. The molecular weight excluding hydrogens is 509 g/mol. The molecule has 0 saturated heterocycles. The second-order valence-electron chi connectivity index (χ2n) is 7.06. The molecule has 0 radical (unpaired) electrons. The van der Waals surface area contributed by atoms with Crippen LogP contribution in [0.3, 0.4) is 0 Å². The molecule has 0 spiro atoms. The van der Waals surface area contributed by atoms with Crippen molar-refractivity contribution >= 4 is 38.9 Å². The molecule has 10 nitrogen and oxygen atoms in total. The first-order valence-corrected chi connectivity index (χ1v) is 12.7. The Morgan fingerprint density at radius 2 is 1.94 bits per heavy atom. The number of benzene rings is 2. The van der Waals surface area contributed by atoms with Gasteiger partial charge in [0.1, 0.15) is 5.82 Å². The zero-order valence-electron chi connectivity index (χ0n) is 18.0. The summed E-state index contributed by atoms with van der Waals surface area (Å²) < 4.78 is 63.2. The number of halogens is 3. The SMILES string of the molecule is CS(=N)(=O)c1ccc(C(=O)NCCSc2nonc2C(=N)N(O)c2ccc(F)c(C(F)F)c2)cc1. The Morgan fingerprint density at radius 3 is 2.57 bits per heavy atom. The molecule has 0 bridgehead atoms. The molecule has 0 fully saturated rings. The number of rotatable bonds is 9. The highest BCUT2D eigenvalue weighted by Crippen LogP contribution is 2.28. The van der Waals surface area contributed by atoms with E-state index in [4.69, 9.17) is 10.2 Å². The molecule has 0 aliphatic heterocycles. The number of alkyl halides is 2. The highest BCUT2D eigenvalue weighted by atomic mass is 32.2. The fourth-order valence-corrected chi connectivity index (χ4v) is 4.17. The van der Waals surface area contributed by atoms with E-state index < -0.39 is 39.3 Å².